The summed E-state index contributed by atoms with van der Waals surface area (Å²) in [4.78, 5) is 2.44. The third kappa shape index (κ3) is 3.21. The largest absolute Gasteiger partial charge is 0.349 e. The smallest absolute Gasteiger partial charge is 0.0226 e. The number of aromatic nitrogens is 1. The van der Waals surface area contributed by atoms with Crippen LogP contribution < -0.4 is 5.32 Å². The summed E-state index contributed by atoms with van der Waals surface area (Å²) in [5, 5.41) is 3.77. The van der Waals surface area contributed by atoms with Gasteiger partial charge in [0.25, 0.3) is 0 Å². The van der Waals surface area contributed by atoms with Gasteiger partial charge in [-0.25, -0.2) is 0 Å². The van der Waals surface area contributed by atoms with Crippen molar-refractivity contribution in [2.24, 2.45) is 5.92 Å². The zero-order valence-corrected chi connectivity index (χ0v) is 13.2. The highest BCUT2D eigenvalue weighted by atomic mass is 15.1. The minimum absolute atomic E-state index is 0.667. The number of nitrogens with one attached hydrogen (secondary N) is 1. The van der Waals surface area contributed by atoms with Crippen molar-refractivity contribution in [3.8, 4) is 0 Å². The van der Waals surface area contributed by atoms with Crippen molar-refractivity contribution < 1.29 is 0 Å². The zero-order chi connectivity index (χ0) is 14.0. The molecule has 0 aromatic carbocycles. The second-order valence-corrected chi connectivity index (χ2v) is 6.16. The van der Waals surface area contributed by atoms with E-state index in [2.05, 4.69) is 55.6 Å². The highest BCUT2D eigenvalue weighted by molar-refractivity contribution is 5.26. The van der Waals surface area contributed by atoms with Gasteiger partial charge in [-0.3, -0.25) is 0 Å². The molecule has 0 aliphatic carbocycles. The van der Waals surface area contributed by atoms with Crippen molar-refractivity contribution >= 4 is 0 Å². The lowest BCUT2D eigenvalue weighted by Crippen LogP contribution is -2.46. The molecule has 1 aromatic heterocycles. The molecule has 108 valence electrons. The summed E-state index contributed by atoms with van der Waals surface area (Å²) in [7, 11) is 2.22. The van der Waals surface area contributed by atoms with E-state index in [0.717, 1.165) is 19.0 Å². The minimum Gasteiger partial charge on any atom is -0.349 e. The number of piperidine rings is 1. The Morgan fingerprint density at radius 2 is 2.11 bits per heavy atom. The molecule has 3 heteroatoms. The predicted molar refractivity (Wildman–Crippen MR) is 81.5 cm³/mol. The summed E-state index contributed by atoms with van der Waals surface area (Å²) in [6, 6.07) is 3.01. The van der Waals surface area contributed by atoms with E-state index in [9.17, 15) is 0 Å². The Labute approximate surface area is 118 Å². The Hall–Kier alpha value is -0.800. The van der Waals surface area contributed by atoms with Crippen LogP contribution in [0.4, 0.5) is 0 Å². The van der Waals surface area contributed by atoms with E-state index in [-0.39, 0.29) is 0 Å². The van der Waals surface area contributed by atoms with Crippen molar-refractivity contribution in [1.29, 1.82) is 0 Å². The van der Waals surface area contributed by atoms with Crippen LogP contribution in [0.3, 0.4) is 0 Å². The fourth-order valence-corrected chi connectivity index (χ4v) is 3.44. The number of hydrogen-bond acceptors (Lipinski definition) is 2. The average molecular weight is 263 g/mol. The van der Waals surface area contributed by atoms with Crippen molar-refractivity contribution in [2.45, 2.75) is 53.2 Å². The number of rotatable bonds is 4. The van der Waals surface area contributed by atoms with Crippen LogP contribution in [0.5, 0.6) is 0 Å². The maximum Gasteiger partial charge on any atom is 0.0226 e. The van der Waals surface area contributed by atoms with Crippen LogP contribution in [0.15, 0.2) is 6.07 Å². The lowest BCUT2D eigenvalue weighted by Gasteiger charge is -2.35. The fourth-order valence-electron chi connectivity index (χ4n) is 3.44. The Morgan fingerprint density at radius 1 is 1.37 bits per heavy atom. The third-order valence-corrected chi connectivity index (χ3v) is 4.66. The molecule has 1 aromatic rings. The Bertz CT molecular complexity index is 422. The summed E-state index contributed by atoms with van der Waals surface area (Å²) in [5.74, 6) is 0.744. The lowest BCUT2D eigenvalue weighted by atomic mass is 9.94. The van der Waals surface area contributed by atoms with Gasteiger partial charge in [0.2, 0.25) is 0 Å². The summed E-state index contributed by atoms with van der Waals surface area (Å²) in [5.41, 5.74) is 4.27. The summed E-state index contributed by atoms with van der Waals surface area (Å²) >= 11 is 0. The molecule has 2 unspecified atom stereocenters. The van der Waals surface area contributed by atoms with E-state index >= 15 is 0 Å². The van der Waals surface area contributed by atoms with Crippen LogP contribution in [0.2, 0.25) is 0 Å². The number of likely N-dealkylation sites (tertiary alicyclic amines) is 1. The van der Waals surface area contributed by atoms with Crippen LogP contribution in [-0.4, -0.2) is 35.6 Å². The first-order valence-electron chi connectivity index (χ1n) is 7.60. The first-order valence-corrected chi connectivity index (χ1v) is 7.60. The van der Waals surface area contributed by atoms with Crippen LogP contribution in [0.1, 0.15) is 37.2 Å². The molecule has 0 radical (unpaired) electrons. The van der Waals surface area contributed by atoms with Gasteiger partial charge in [-0.1, -0.05) is 6.92 Å². The van der Waals surface area contributed by atoms with Crippen molar-refractivity contribution in [1.82, 2.24) is 14.8 Å². The SMILES string of the molecule is CCn1c(C)cc(CNC2CCN(C)CC2C)c1C. The minimum atomic E-state index is 0.667. The van der Waals surface area contributed by atoms with Crippen molar-refractivity contribution in [2.75, 3.05) is 20.1 Å². The van der Waals surface area contributed by atoms with Gasteiger partial charge in [-0.2, -0.15) is 0 Å². The standard InChI is InChI=1S/C16H29N3/c1-6-19-13(3)9-15(14(19)4)10-17-16-7-8-18(5)11-12(16)2/h9,12,16-17H,6-8,10-11H2,1-5H3. The van der Waals surface area contributed by atoms with Crippen LogP contribution in [0.25, 0.3) is 0 Å². The molecule has 1 saturated heterocycles. The Balaban J connectivity index is 1.95. The zero-order valence-electron chi connectivity index (χ0n) is 13.2. The molecule has 2 heterocycles. The van der Waals surface area contributed by atoms with E-state index in [1.165, 1.54) is 36.5 Å². The first kappa shape index (κ1) is 14.6. The van der Waals surface area contributed by atoms with E-state index in [1.54, 1.807) is 0 Å². The van der Waals surface area contributed by atoms with Gasteiger partial charge < -0.3 is 14.8 Å². The number of aryl methyl sites for hydroxylation is 1. The van der Waals surface area contributed by atoms with Gasteiger partial charge in [-0.15, -0.1) is 0 Å². The van der Waals surface area contributed by atoms with Gasteiger partial charge >= 0.3 is 0 Å². The maximum absolute atomic E-state index is 3.77. The average Bonchev–Trinajstić information content (AvgIpc) is 2.63. The molecule has 2 rings (SSSR count). The van der Waals surface area contributed by atoms with E-state index < -0.39 is 0 Å². The summed E-state index contributed by atoms with van der Waals surface area (Å²) in [6.07, 6.45) is 1.27. The predicted octanol–water partition coefficient (Wildman–Crippen LogP) is 2.55. The number of nitrogens with zero attached hydrogens (tertiary/aromatic N) is 2. The third-order valence-electron chi connectivity index (χ3n) is 4.66. The molecule has 19 heavy (non-hydrogen) atoms. The van der Waals surface area contributed by atoms with Gasteiger partial charge in [0.1, 0.15) is 0 Å². The van der Waals surface area contributed by atoms with Gasteiger partial charge in [0.15, 0.2) is 0 Å². The van der Waals surface area contributed by atoms with Crippen molar-refractivity contribution in [3.05, 3.63) is 23.0 Å². The van der Waals surface area contributed by atoms with Gasteiger partial charge in [0.05, 0.1) is 0 Å². The molecule has 1 fully saturated rings. The molecular weight excluding hydrogens is 234 g/mol. The van der Waals surface area contributed by atoms with E-state index in [1.807, 2.05) is 0 Å². The van der Waals surface area contributed by atoms with Gasteiger partial charge in [0, 0.05) is 37.1 Å². The highest BCUT2D eigenvalue weighted by Gasteiger charge is 2.23. The first-order chi connectivity index (χ1) is 9.02. The Kier molecular flexibility index (Phi) is 4.69. The molecule has 0 amide bonds. The molecule has 0 saturated carbocycles. The number of hydrogen-bond donors (Lipinski definition) is 1. The molecular formula is C16H29N3. The molecule has 1 aliphatic rings. The lowest BCUT2D eigenvalue weighted by molar-refractivity contribution is 0.174. The van der Waals surface area contributed by atoms with Crippen LogP contribution in [0, 0.1) is 19.8 Å². The second kappa shape index (κ2) is 6.10. The normalized spacial score (nSPS) is 24.9. The summed E-state index contributed by atoms with van der Waals surface area (Å²) < 4.78 is 2.40. The Morgan fingerprint density at radius 3 is 2.68 bits per heavy atom. The monoisotopic (exact) mass is 263 g/mol. The topological polar surface area (TPSA) is 20.2 Å². The molecule has 0 bridgehead atoms. The highest BCUT2D eigenvalue weighted by Crippen LogP contribution is 2.18. The summed E-state index contributed by atoms with van der Waals surface area (Å²) in [6.45, 7) is 13.5. The molecule has 1 N–H and O–H groups in total. The quantitative estimate of drug-likeness (QED) is 0.901. The van der Waals surface area contributed by atoms with Gasteiger partial charge in [-0.05, 0) is 58.3 Å². The second-order valence-electron chi connectivity index (χ2n) is 6.16. The van der Waals surface area contributed by atoms with Crippen molar-refractivity contribution in [3.63, 3.8) is 0 Å². The maximum atomic E-state index is 3.77. The van der Waals surface area contributed by atoms with Crippen LogP contribution >= 0.6 is 0 Å². The van der Waals surface area contributed by atoms with Crippen LogP contribution in [-0.2, 0) is 13.1 Å². The fraction of sp³-hybridized carbons (Fsp3) is 0.750. The molecule has 1 aliphatic heterocycles. The molecule has 2 atom stereocenters. The van der Waals surface area contributed by atoms with E-state index in [4.69, 9.17) is 0 Å². The molecule has 0 spiro atoms. The molecule has 3 nitrogen and oxygen atoms in total. The van der Waals surface area contributed by atoms with E-state index in [0.29, 0.717) is 6.04 Å².